The van der Waals surface area contributed by atoms with E-state index in [2.05, 4.69) is 10.1 Å². The number of carboxylic acid groups (broad SMARTS) is 1. The number of fused-ring (bicyclic) bond motifs is 1. The minimum absolute atomic E-state index is 0.182. The number of pyridine rings is 1. The summed E-state index contributed by atoms with van der Waals surface area (Å²) in [5.41, 5.74) is 4.06. The Morgan fingerprint density at radius 1 is 1.08 bits per heavy atom. The van der Waals surface area contributed by atoms with E-state index in [1.165, 1.54) is 16.3 Å². The molecule has 7 nitrogen and oxygen atoms in total. The normalized spacial score (nSPS) is 15.3. The third-order valence-corrected chi connectivity index (χ3v) is 7.32. The van der Waals surface area contributed by atoms with Crippen LogP contribution in [-0.4, -0.2) is 32.7 Å². The quantitative estimate of drug-likeness (QED) is 0.338. The van der Waals surface area contributed by atoms with E-state index in [9.17, 15) is 14.4 Å². The SMILES string of the molecule is Cc1ccc(C2CC(c3c(-c4ccc(Cl)cc4)c4ccsc4[nH]c3=O)=NN2C(=O)CCC(=O)O)cc1. The van der Waals surface area contributed by atoms with E-state index in [1.54, 1.807) is 12.1 Å². The number of nitrogens with zero attached hydrogens (tertiary/aromatic N) is 2. The van der Waals surface area contributed by atoms with Crippen molar-refractivity contribution in [3.8, 4) is 11.1 Å². The number of hydrogen-bond donors (Lipinski definition) is 2. The van der Waals surface area contributed by atoms with Gasteiger partial charge in [-0.2, -0.15) is 5.10 Å². The lowest BCUT2D eigenvalue weighted by atomic mass is 9.92. The van der Waals surface area contributed by atoms with Crippen molar-refractivity contribution in [2.75, 3.05) is 0 Å². The van der Waals surface area contributed by atoms with Crippen LogP contribution in [0.3, 0.4) is 0 Å². The maximum Gasteiger partial charge on any atom is 0.303 e. The molecule has 5 rings (SSSR count). The molecule has 1 amide bonds. The zero-order valence-electron chi connectivity index (χ0n) is 19.3. The molecule has 0 aliphatic carbocycles. The molecule has 1 atom stereocenters. The molecule has 9 heteroatoms. The molecule has 0 spiro atoms. The molecule has 0 bridgehead atoms. The first-order valence-electron chi connectivity index (χ1n) is 11.4. The predicted octanol–water partition coefficient (Wildman–Crippen LogP) is 5.76. The van der Waals surface area contributed by atoms with Crippen LogP contribution in [0.5, 0.6) is 0 Å². The molecule has 1 aliphatic heterocycles. The highest BCUT2D eigenvalue weighted by Gasteiger charge is 2.35. The summed E-state index contributed by atoms with van der Waals surface area (Å²) in [5, 5.41) is 18.4. The third-order valence-electron chi connectivity index (χ3n) is 6.24. The molecule has 3 heterocycles. The molecule has 1 aliphatic rings. The first kappa shape index (κ1) is 24.0. The number of nitrogens with one attached hydrogen (secondary N) is 1. The molecule has 0 fully saturated rings. The fourth-order valence-electron chi connectivity index (χ4n) is 4.48. The largest absolute Gasteiger partial charge is 0.481 e. The highest BCUT2D eigenvalue weighted by molar-refractivity contribution is 7.16. The van der Waals surface area contributed by atoms with E-state index in [4.69, 9.17) is 16.7 Å². The number of carboxylic acids is 1. The van der Waals surface area contributed by atoms with Crippen molar-refractivity contribution in [1.29, 1.82) is 0 Å². The summed E-state index contributed by atoms with van der Waals surface area (Å²) in [6, 6.07) is 16.5. The Balaban J connectivity index is 1.66. The average molecular weight is 520 g/mol. The predicted molar refractivity (Wildman–Crippen MR) is 142 cm³/mol. The van der Waals surface area contributed by atoms with Gasteiger partial charge in [0.25, 0.3) is 5.56 Å². The number of H-pyrrole nitrogens is 1. The molecule has 36 heavy (non-hydrogen) atoms. The van der Waals surface area contributed by atoms with Crippen LogP contribution >= 0.6 is 22.9 Å². The molecule has 0 radical (unpaired) electrons. The van der Waals surface area contributed by atoms with E-state index in [1.807, 2.05) is 54.8 Å². The lowest BCUT2D eigenvalue weighted by molar-refractivity contribution is -0.141. The Kier molecular flexibility index (Phi) is 6.47. The van der Waals surface area contributed by atoms with E-state index >= 15 is 0 Å². The number of aliphatic carboxylic acids is 1. The number of aryl methyl sites for hydroxylation is 1. The van der Waals surface area contributed by atoms with Crippen molar-refractivity contribution >= 4 is 50.7 Å². The summed E-state index contributed by atoms with van der Waals surface area (Å²) in [5.74, 6) is -1.46. The van der Waals surface area contributed by atoms with Crippen LogP contribution in [0.2, 0.25) is 5.02 Å². The van der Waals surface area contributed by atoms with Gasteiger partial charge in [0.2, 0.25) is 5.91 Å². The number of rotatable bonds is 6. The van der Waals surface area contributed by atoms with Gasteiger partial charge in [-0.15, -0.1) is 11.3 Å². The molecule has 2 aromatic heterocycles. The van der Waals surface area contributed by atoms with Crippen LogP contribution < -0.4 is 5.56 Å². The summed E-state index contributed by atoms with van der Waals surface area (Å²) in [4.78, 5) is 41.3. The van der Waals surface area contributed by atoms with Gasteiger partial charge in [-0.25, -0.2) is 5.01 Å². The minimum Gasteiger partial charge on any atom is -0.481 e. The lowest BCUT2D eigenvalue weighted by Crippen LogP contribution is -2.27. The Morgan fingerprint density at radius 2 is 1.81 bits per heavy atom. The van der Waals surface area contributed by atoms with Crippen LogP contribution in [-0.2, 0) is 9.59 Å². The number of carbonyl (C=O) groups excluding carboxylic acids is 1. The van der Waals surface area contributed by atoms with Gasteiger partial charge in [-0.05, 0) is 41.6 Å². The van der Waals surface area contributed by atoms with E-state index in [-0.39, 0.29) is 18.4 Å². The summed E-state index contributed by atoms with van der Waals surface area (Å²) in [7, 11) is 0. The maximum absolute atomic E-state index is 13.4. The van der Waals surface area contributed by atoms with Gasteiger partial charge in [0.05, 0.1) is 23.7 Å². The average Bonchev–Trinajstić information content (AvgIpc) is 3.50. The second-order valence-corrected chi connectivity index (χ2v) is 10.0. The van der Waals surface area contributed by atoms with Crippen molar-refractivity contribution in [2.24, 2.45) is 5.10 Å². The first-order chi connectivity index (χ1) is 17.3. The molecule has 0 saturated carbocycles. The topological polar surface area (TPSA) is 103 Å². The van der Waals surface area contributed by atoms with E-state index in [0.717, 1.165) is 32.5 Å². The standard InChI is InChI=1S/C27H22ClN3O4S/c1-15-2-4-16(5-3-15)21-14-20(30-31(21)22(32)10-11-23(33)34)25-24(17-6-8-18(28)9-7-17)19-12-13-36-27(19)29-26(25)35/h2-9,12-13,21H,10-11,14H2,1H3,(H,29,35)(H,33,34). The summed E-state index contributed by atoms with van der Waals surface area (Å²) in [6.45, 7) is 1.98. The number of aromatic nitrogens is 1. The number of aromatic amines is 1. The number of amides is 1. The highest BCUT2D eigenvalue weighted by Crippen LogP contribution is 2.38. The molecular weight excluding hydrogens is 498 g/mol. The number of hydrazone groups is 1. The smallest absolute Gasteiger partial charge is 0.303 e. The van der Waals surface area contributed by atoms with Gasteiger partial charge in [-0.3, -0.25) is 14.4 Å². The van der Waals surface area contributed by atoms with Crippen molar-refractivity contribution in [1.82, 2.24) is 9.99 Å². The molecule has 0 saturated heterocycles. The third kappa shape index (κ3) is 4.57. The lowest BCUT2D eigenvalue weighted by Gasteiger charge is -2.22. The monoisotopic (exact) mass is 519 g/mol. The molecule has 182 valence electrons. The van der Waals surface area contributed by atoms with Crippen LogP contribution in [0.15, 0.2) is 69.9 Å². The second-order valence-electron chi connectivity index (χ2n) is 8.68. The van der Waals surface area contributed by atoms with Gasteiger partial charge < -0.3 is 10.1 Å². The number of halogens is 1. The van der Waals surface area contributed by atoms with Gasteiger partial charge in [0.1, 0.15) is 4.83 Å². The number of hydrogen-bond acceptors (Lipinski definition) is 5. The number of benzene rings is 2. The second kappa shape index (κ2) is 9.72. The van der Waals surface area contributed by atoms with Crippen molar-refractivity contribution < 1.29 is 14.7 Å². The zero-order valence-corrected chi connectivity index (χ0v) is 20.9. The van der Waals surface area contributed by atoms with Gasteiger partial charge in [0.15, 0.2) is 0 Å². The highest BCUT2D eigenvalue weighted by atomic mass is 35.5. The molecule has 1 unspecified atom stereocenters. The van der Waals surface area contributed by atoms with Crippen molar-refractivity contribution in [3.63, 3.8) is 0 Å². The summed E-state index contributed by atoms with van der Waals surface area (Å²) in [6.07, 6.45) is -0.155. The van der Waals surface area contributed by atoms with Crippen LogP contribution in [0.4, 0.5) is 0 Å². The van der Waals surface area contributed by atoms with Crippen molar-refractivity contribution in [3.05, 3.63) is 92.0 Å². The maximum atomic E-state index is 13.4. The van der Waals surface area contributed by atoms with Gasteiger partial charge >= 0.3 is 5.97 Å². The van der Waals surface area contributed by atoms with E-state index in [0.29, 0.717) is 22.7 Å². The number of carbonyl (C=O) groups is 2. The van der Waals surface area contributed by atoms with E-state index < -0.39 is 17.9 Å². The Morgan fingerprint density at radius 3 is 2.50 bits per heavy atom. The fraction of sp³-hybridized carbons (Fsp3) is 0.185. The Bertz CT molecular complexity index is 1550. The van der Waals surface area contributed by atoms with Gasteiger partial charge in [-0.1, -0.05) is 53.6 Å². The molecule has 2 N–H and O–H groups in total. The Hall–Kier alpha value is -3.75. The summed E-state index contributed by atoms with van der Waals surface area (Å²) >= 11 is 7.56. The van der Waals surface area contributed by atoms with Gasteiger partial charge in [0, 0.05) is 28.8 Å². The number of thiophene rings is 1. The minimum atomic E-state index is -1.05. The summed E-state index contributed by atoms with van der Waals surface area (Å²) < 4.78 is 0. The van der Waals surface area contributed by atoms with Crippen LogP contribution in [0.25, 0.3) is 21.3 Å². The van der Waals surface area contributed by atoms with Crippen LogP contribution in [0.1, 0.15) is 42.0 Å². The molecule has 4 aromatic rings. The zero-order chi connectivity index (χ0) is 25.4. The van der Waals surface area contributed by atoms with Crippen molar-refractivity contribution in [2.45, 2.75) is 32.2 Å². The molecule has 2 aromatic carbocycles. The Labute approximate surface area is 215 Å². The fourth-order valence-corrected chi connectivity index (χ4v) is 5.39. The van der Waals surface area contributed by atoms with Crippen LogP contribution in [0, 0.1) is 6.92 Å². The first-order valence-corrected chi connectivity index (χ1v) is 12.7. The molecular formula is C27H22ClN3O4S.